The van der Waals surface area contributed by atoms with Gasteiger partial charge in [-0.05, 0) is 37.1 Å². The van der Waals surface area contributed by atoms with E-state index in [-0.39, 0.29) is 0 Å². The number of para-hydroxylation sites is 4. The summed E-state index contributed by atoms with van der Waals surface area (Å²) in [5.41, 5.74) is 7.30. The second-order valence-electron chi connectivity index (χ2n) is 8.11. The van der Waals surface area contributed by atoms with Gasteiger partial charge >= 0.3 is 0 Å². The van der Waals surface area contributed by atoms with Gasteiger partial charge in [-0.25, -0.2) is 9.97 Å². The predicted molar refractivity (Wildman–Crippen MR) is 128 cm³/mol. The lowest BCUT2D eigenvalue weighted by Gasteiger charge is -2.14. The van der Waals surface area contributed by atoms with E-state index in [0.29, 0.717) is 6.54 Å². The van der Waals surface area contributed by atoms with Crippen LogP contribution in [-0.4, -0.2) is 21.1 Å². The monoisotopic (exact) mass is 409 g/mol. The Bertz CT molecular complexity index is 1370. The van der Waals surface area contributed by atoms with Crippen LogP contribution in [0.15, 0.2) is 66.7 Å². The number of nitrogens with zero attached hydrogens (tertiary/aromatic N) is 3. The van der Waals surface area contributed by atoms with Crippen molar-refractivity contribution in [2.75, 3.05) is 6.61 Å². The van der Waals surface area contributed by atoms with Crippen molar-refractivity contribution >= 4 is 33.1 Å². The molecule has 0 atom stereocenters. The number of ether oxygens (including phenoxy) is 1. The molecule has 0 fully saturated rings. The Kier molecular flexibility index (Phi) is 5.29. The zero-order valence-corrected chi connectivity index (χ0v) is 18.1. The summed E-state index contributed by atoms with van der Waals surface area (Å²) in [7, 11) is 0. The van der Waals surface area contributed by atoms with E-state index in [1.807, 2.05) is 30.3 Å². The summed E-state index contributed by atoms with van der Waals surface area (Å²) in [5, 5.41) is 1.15. The topological polar surface area (TPSA) is 39.9 Å². The van der Waals surface area contributed by atoms with Crippen LogP contribution in [0.5, 0.6) is 5.75 Å². The number of rotatable bonds is 7. The fourth-order valence-electron chi connectivity index (χ4n) is 4.31. The Morgan fingerprint density at radius 3 is 2.45 bits per heavy atom. The highest BCUT2D eigenvalue weighted by atomic mass is 16.5. The van der Waals surface area contributed by atoms with E-state index in [1.54, 1.807) is 0 Å². The minimum absolute atomic E-state index is 0.696. The van der Waals surface area contributed by atoms with E-state index >= 15 is 0 Å². The standard InChI is InChI=1S/C27H27N3O/c1-3-4-9-17-31-24-16-8-5-12-20(24)18-30-26-19(2)11-10-13-21(26)25-27(30)29-23-15-7-6-14-22(23)28-25/h5-8,10-16H,3-4,9,17-18H2,1-2H3. The molecule has 0 saturated carbocycles. The Balaban J connectivity index is 1.65. The maximum atomic E-state index is 6.16. The largest absolute Gasteiger partial charge is 0.493 e. The van der Waals surface area contributed by atoms with Crippen molar-refractivity contribution in [3.8, 4) is 5.75 Å². The first-order chi connectivity index (χ1) is 15.3. The quantitative estimate of drug-likeness (QED) is 0.282. The maximum Gasteiger partial charge on any atom is 0.160 e. The molecule has 0 bridgehead atoms. The first-order valence-electron chi connectivity index (χ1n) is 11.1. The van der Waals surface area contributed by atoms with Crippen molar-refractivity contribution in [2.24, 2.45) is 0 Å². The summed E-state index contributed by atoms with van der Waals surface area (Å²) in [5.74, 6) is 0.955. The SMILES string of the molecule is CCCCCOc1ccccc1Cn1c2nc3ccccc3nc2c2cccc(C)c21. The van der Waals surface area contributed by atoms with Gasteiger partial charge in [-0.1, -0.05) is 68.3 Å². The number of hydrogen-bond donors (Lipinski definition) is 0. The molecule has 0 radical (unpaired) electrons. The molecule has 0 aliphatic heterocycles. The molecule has 31 heavy (non-hydrogen) atoms. The van der Waals surface area contributed by atoms with Crippen LogP contribution >= 0.6 is 0 Å². The van der Waals surface area contributed by atoms with Crippen LogP contribution < -0.4 is 4.74 Å². The summed E-state index contributed by atoms with van der Waals surface area (Å²) >= 11 is 0. The van der Waals surface area contributed by atoms with Gasteiger partial charge in [0.15, 0.2) is 5.65 Å². The third kappa shape index (κ3) is 3.63. The second kappa shape index (κ2) is 8.38. The second-order valence-corrected chi connectivity index (χ2v) is 8.11. The van der Waals surface area contributed by atoms with Gasteiger partial charge in [0.25, 0.3) is 0 Å². The van der Waals surface area contributed by atoms with Gasteiger partial charge in [-0.15, -0.1) is 0 Å². The molecular weight excluding hydrogens is 382 g/mol. The maximum absolute atomic E-state index is 6.16. The van der Waals surface area contributed by atoms with E-state index in [9.17, 15) is 0 Å². The van der Waals surface area contributed by atoms with Crippen molar-refractivity contribution in [3.05, 3.63) is 77.9 Å². The zero-order chi connectivity index (χ0) is 21.2. The molecule has 0 saturated heterocycles. The normalized spacial score (nSPS) is 11.5. The average molecular weight is 410 g/mol. The smallest absolute Gasteiger partial charge is 0.160 e. The molecular formula is C27H27N3O. The number of benzene rings is 3. The molecule has 2 heterocycles. The van der Waals surface area contributed by atoms with Crippen molar-refractivity contribution in [1.29, 1.82) is 0 Å². The van der Waals surface area contributed by atoms with Crippen LogP contribution in [-0.2, 0) is 6.54 Å². The fourth-order valence-corrected chi connectivity index (χ4v) is 4.31. The van der Waals surface area contributed by atoms with E-state index < -0.39 is 0 Å². The van der Waals surface area contributed by atoms with Gasteiger partial charge in [0, 0.05) is 10.9 Å². The van der Waals surface area contributed by atoms with Crippen LogP contribution in [0.1, 0.15) is 37.3 Å². The molecule has 0 spiro atoms. The Morgan fingerprint density at radius 1 is 0.839 bits per heavy atom. The summed E-state index contributed by atoms with van der Waals surface area (Å²) < 4.78 is 8.46. The van der Waals surface area contributed by atoms with Gasteiger partial charge in [0.2, 0.25) is 0 Å². The minimum Gasteiger partial charge on any atom is -0.493 e. The Hall–Kier alpha value is -3.40. The van der Waals surface area contributed by atoms with Crippen molar-refractivity contribution in [2.45, 2.75) is 39.7 Å². The molecule has 0 aliphatic carbocycles. The molecule has 0 amide bonds. The van der Waals surface area contributed by atoms with Crippen LogP contribution in [0.3, 0.4) is 0 Å². The van der Waals surface area contributed by atoms with E-state index in [1.165, 1.54) is 23.9 Å². The van der Waals surface area contributed by atoms with Crippen molar-refractivity contribution in [1.82, 2.24) is 14.5 Å². The van der Waals surface area contributed by atoms with Gasteiger partial charge in [0.05, 0.1) is 29.7 Å². The number of unbranched alkanes of at least 4 members (excludes halogenated alkanes) is 2. The van der Waals surface area contributed by atoms with Gasteiger partial charge in [-0.3, -0.25) is 0 Å². The lowest BCUT2D eigenvalue weighted by Crippen LogP contribution is -2.06. The Morgan fingerprint density at radius 2 is 1.61 bits per heavy atom. The Labute approximate surface area is 182 Å². The minimum atomic E-state index is 0.696. The summed E-state index contributed by atoms with van der Waals surface area (Å²) in [6.07, 6.45) is 3.46. The third-order valence-corrected chi connectivity index (χ3v) is 5.88. The number of hydrogen-bond acceptors (Lipinski definition) is 3. The summed E-state index contributed by atoms with van der Waals surface area (Å²) in [6, 6.07) is 22.8. The van der Waals surface area contributed by atoms with Gasteiger partial charge in [0.1, 0.15) is 11.3 Å². The van der Waals surface area contributed by atoms with Crippen molar-refractivity contribution < 1.29 is 4.74 Å². The van der Waals surface area contributed by atoms with Crippen LogP contribution in [0.25, 0.3) is 33.1 Å². The van der Waals surface area contributed by atoms with Crippen molar-refractivity contribution in [3.63, 3.8) is 0 Å². The molecule has 3 aromatic carbocycles. The molecule has 0 aliphatic rings. The van der Waals surface area contributed by atoms with Gasteiger partial charge in [-0.2, -0.15) is 0 Å². The molecule has 5 aromatic rings. The first kappa shape index (κ1) is 19.6. The number of aryl methyl sites for hydroxylation is 1. The third-order valence-electron chi connectivity index (χ3n) is 5.88. The average Bonchev–Trinajstić information content (AvgIpc) is 3.10. The molecule has 4 heteroatoms. The van der Waals surface area contributed by atoms with Crippen LogP contribution in [0.4, 0.5) is 0 Å². The highest BCUT2D eigenvalue weighted by Crippen LogP contribution is 2.32. The molecule has 5 rings (SSSR count). The zero-order valence-electron chi connectivity index (χ0n) is 18.1. The highest BCUT2D eigenvalue weighted by molar-refractivity contribution is 6.07. The van der Waals surface area contributed by atoms with Crippen LogP contribution in [0.2, 0.25) is 0 Å². The summed E-state index contributed by atoms with van der Waals surface area (Å²) in [4.78, 5) is 10.0. The van der Waals surface area contributed by atoms with Gasteiger partial charge < -0.3 is 9.30 Å². The molecule has 0 unspecified atom stereocenters. The lowest BCUT2D eigenvalue weighted by molar-refractivity contribution is 0.303. The van der Waals surface area contributed by atoms with E-state index in [4.69, 9.17) is 14.7 Å². The number of fused-ring (bicyclic) bond motifs is 4. The molecule has 2 aromatic heterocycles. The molecule has 4 nitrogen and oxygen atoms in total. The molecule has 0 N–H and O–H groups in total. The number of aromatic nitrogens is 3. The first-order valence-corrected chi connectivity index (χ1v) is 11.1. The fraction of sp³-hybridized carbons (Fsp3) is 0.259. The highest BCUT2D eigenvalue weighted by Gasteiger charge is 2.17. The van der Waals surface area contributed by atoms with Crippen LogP contribution in [0, 0.1) is 6.92 Å². The molecule has 156 valence electrons. The predicted octanol–water partition coefficient (Wildman–Crippen LogP) is 6.66. The van der Waals surface area contributed by atoms with E-state index in [0.717, 1.165) is 51.9 Å². The lowest BCUT2D eigenvalue weighted by atomic mass is 10.1. The summed E-state index contributed by atoms with van der Waals surface area (Å²) in [6.45, 7) is 5.82. The van der Waals surface area contributed by atoms with E-state index in [2.05, 4.69) is 54.8 Å².